The highest BCUT2D eigenvalue weighted by atomic mass is 32.1. The molecule has 3 heterocycles. The Morgan fingerprint density at radius 1 is 1.42 bits per heavy atom. The lowest BCUT2D eigenvalue weighted by Gasteiger charge is -2.47. The van der Waals surface area contributed by atoms with Gasteiger partial charge in [-0.3, -0.25) is 9.59 Å². The normalized spacial score (nSPS) is 28.3. The number of aliphatic hydroxyl groups excluding tert-OH is 1. The third-order valence-corrected chi connectivity index (χ3v) is 6.62. The molecule has 0 aromatic carbocycles. The Morgan fingerprint density at radius 3 is 2.77 bits per heavy atom. The summed E-state index contributed by atoms with van der Waals surface area (Å²) in [5.41, 5.74) is 0.573. The second-order valence-corrected chi connectivity index (χ2v) is 8.79. The average molecular weight is 379 g/mol. The van der Waals surface area contributed by atoms with Gasteiger partial charge in [-0.15, -0.1) is 11.3 Å². The molecule has 4 rings (SSSR count). The number of carbonyl (C=O) groups excluding carboxylic acids is 2. The minimum absolute atomic E-state index is 0.00300. The van der Waals surface area contributed by atoms with Crippen LogP contribution in [0, 0.1) is 12.8 Å². The van der Waals surface area contributed by atoms with Crippen molar-refractivity contribution in [2.24, 2.45) is 5.92 Å². The molecule has 0 bridgehead atoms. The Labute approximate surface area is 156 Å². The van der Waals surface area contributed by atoms with Crippen LogP contribution in [0.1, 0.15) is 36.4 Å². The van der Waals surface area contributed by atoms with E-state index in [1.165, 1.54) is 0 Å². The van der Waals surface area contributed by atoms with E-state index in [1.54, 1.807) is 11.3 Å². The topological polar surface area (TPSA) is 83.0 Å². The zero-order valence-corrected chi connectivity index (χ0v) is 15.8. The zero-order valence-electron chi connectivity index (χ0n) is 15.0. The molecule has 1 saturated carbocycles. The van der Waals surface area contributed by atoms with Gasteiger partial charge in [0.1, 0.15) is 6.61 Å². The molecule has 8 heteroatoms. The highest BCUT2D eigenvalue weighted by molar-refractivity contribution is 7.09. The van der Waals surface area contributed by atoms with E-state index < -0.39 is 0 Å². The Bertz CT molecular complexity index is 692. The van der Waals surface area contributed by atoms with E-state index in [0.717, 1.165) is 23.5 Å². The molecule has 1 spiro atoms. The predicted octanol–water partition coefficient (Wildman–Crippen LogP) is 0.942. The Hall–Kier alpha value is -1.51. The van der Waals surface area contributed by atoms with Crippen LogP contribution >= 0.6 is 11.3 Å². The van der Waals surface area contributed by atoms with Gasteiger partial charge in [-0.1, -0.05) is 0 Å². The van der Waals surface area contributed by atoms with E-state index in [1.807, 2.05) is 22.1 Å². The smallest absolute Gasteiger partial charge is 0.249 e. The van der Waals surface area contributed by atoms with Gasteiger partial charge in [-0.25, -0.2) is 4.98 Å². The van der Waals surface area contributed by atoms with Crippen LogP contribution in [0.25, 0.3) is 0 Å². The van der Waals surface area contributed by atoms with Crippen molar-refractivity contribution in [1.82, 2.24) is 14.8 Å². The maximum Gasteiger partial charge on any atom is 0.249 e. The van der Waals surface area contributed by atoms with Crippen LogP contribution < -0.4 is 0 Å². The lowest BCUT2D eigenvalue weighted by molar-refractivity contribution is -0.176. The van der Waals surface area contributed by atoms with Crippen LogP contribution in [0.4, 0.5) is 0 Å². The Kier molecular flexibility index (Phi) is 4.75. The SMILES string of the molecule is Cc1nc(CN2CC3(CCN(C(=O)C4CC(O)C4)CC3)OCC2=O)cs1. The molecule has 1 aromatic heterocycles. The number of nitrogens with zero attached hydrogens (tertiary/aromatic N) is 3. The number of aryl methyl sites for hydroxylation is 1. The third kappa shape index (κ3) is 3.50. The molecule has 0 atom stereocenters. The number of aliphatic hydroxyl groups is 1. The molecule has 2 saturated heterocycles. The molecule has 1 aliphatic carbocycles. The van der Waals surface area contributed by atoms with Gasteiger partial charge < -0.3 is 19.6 Å². The lowest BCUT2D eigenvalue weighted by atomic mass is 9.80. The first-order valence-electron chi connectivity index (χ1n) is 9.24. The van der Waals surface area contributed by atoms with Crippen molar-refractivity contribution < 1.29 is 19.4 Å². The quantitative estimate of drug-likeness (QED) is 0.845. The van der Waals surface area contributed by atoms with Crippen molar-refractivity contribution in [2.45, 2.75) is 50.9 Å². The van der Waals surface area contributed by atoms with E-state index in [0.29, 0.717) is 39.0 Å². The van der Waals surface area contributed by atoms with Gasteiger partial charge in [-0.05, 0) is 32.6 Å². The molecule has 1 N–H and O–H groups in total. The Balaban J connectivity index is 1.35. The third-order valence-electron chi connectivity index (χ3n) is 5.80. The van der Waals surface area contributed by atoms with Crippen molar-refractivity contribution in [3.8, 4) is 0 Å². The fraction of sp³-hybridized carbons (Fsp3) is 0.722. The zero-order chi connectivity index (χ0) is 18.3. The van der Waals surface area contributed by atoms with Gasteiger partial charge in [0, 0.05) is 24.4 Å². The van der Waals surface area contributed by atoms with Gasteiger partial charge >= 0.3 is 0 Å². The first-order valence-corrected chi connectivity index (χ1v) is 10.1. The highest BCUT2D eigenvalue weighted by Crippen LogP contribution is 2.34. The average Bonchev–Trinajstić information content (AvgIpc) is 3.01. The summed E-state index contributed by atoms with van der Waals surface area (Å²) >= 11 is 1.59. The maximum absolute atomic E-state index is 12.5. The molecule has 3 fully saturated rings. The van der Waals surface area contributed by atoms with Crippen molar-refractivity contribution >= 4 is 23.2 Å². The van der Waals surface area contributed by atoms with E-state index >= 15 is 0 Å². The number of morpholine rings is 1. The second-order valence-electron chi connectivity index (χ2n) is 7.73. The molecule has 3 aliphatic rings. The van der Waals surface area contributed by atoms with Crippen LogP contribution in [0.15, 0.2) is 5.38 Å². The number of ether oxygens (including phenoxy) is 1. The fourth-order valence-electron chi connectivity index (χ4n) is 4.09. The second kappa shape index (κ2) is 6.90. The number of piperidine rings is 1. The molecule has 2 amide bonds. The number of likely N-dealkylation sites (tertiary alicyclic amines) is 1. The lowest BCUT2D eigenvalue weighted by Crippen LogP contribution is -2.59. The number of amides is 2. The van der Waals surface area contributed by atoms with Crippen LogP contribution in [-0.4, -0.2) is 69.7 Å². The van der Waals surface area contributed by atoms with Crippen LogP contribution in [0.5, 0.6) is 0 Å². The van der Waals surface area contributed by atoms with E-state index in [-0.39, 0.29) is 36.0 Å². The molecule has 2 aliphatic heterocycles. The minimum Gasteiger partial charge on any atom is -0.393 e. The minimum atomic E-state index is -0.352. The van der Waals surface area contributed by atoms with Crippen LogP contribution in [-0.2, 0) is 20.9 Å². The van der Waals surface area contributed by atoms with E-state index in [2.05, 4.69) is 4.98 Å². The monoisotopic (exact) mass is 379 g/mol. The van der Waals surface area contributed by atoms with Crippen molar-refractivity contribution in [1.29, 1.82) is 0 Å². The number of hydrogen-bond donors (Lipinski definition) is 1. The van der Waals surface area contributed by atoms with Crippen molar-refractivity contribution in [3.63, 3.8) is 0 Å². The van der Waals surface area contributed by atoms with Crippen LogP contribution in [0.3, 0.4) is 0 Å². The molecule has 26 heavy (non-hydrogen) atoms. The summed E-state index contributed by atoms with van der Waals surface area (Å²) in [4.78, 5) is 32.9. The predicted molar refractivity (Wildman–Crippen MR) is 95.5 cm³/mol. The van der Waals surface area contributed by atoms with E-state index in [9.17, 15) is 14.7 Å². The largest absolute Gasteiger partial charge is 0.393 e. The van der Waals surface area contributed by atoms with Gasteiger partial charge in [0.15, 0.2) is 0 Å². The van der Waals surface area contributed by atoms with Gasteiger partial charge in [0.2, 0.25) is 11.8 Å². The number of thiazole rings is 1. The molecule has 1 aromatic rings. The standard InChI is InChI=1S/C18H25N3O4S/c1-12-19-14(10-26-12)8-21-11-18(25-9-16(21)23)2-4-20(5-3-18)17(24)13-6-15(22)7-13/h10,13,15,22H,2-9,11H2,1H3. The van der Waals surface area contributed by atoms with Crippen molar-refractivity contribution in [3.05, 3.63) is 16.1 Å². The highest BCUT2D eigenvalue weighted by Gasteiger charge is 2.44. The number of rotatable bonds is 3. The maximum atomic E-state index is 12.5. The number of hydrogen-bond acceptors (Lipinski definition) is 6. The van der Waals surface area contributed by atoms with E-state index in [4.69, 9.17) is 4.74 Å². The summed E-state index contributed by atoms with van der Waals surface area (Å²) in [6, 6.07) is 0. The summed E-state index contributed by atoms with van der Waals surface area (Å²) in [6.45, 7) is 4.46. The fourth-order valence-corrected chi connectivity index (χ4v) is 4.70. The Morgan fingerprint density at radius 2 is 2.15 bits per heavy atom. The van der Waals surface area contributed by atoms with Gasteiger partial charge in [0.25, 0.3) is 0 Å². The molecular weight excluding hydrogens is 354 g/mol. The summed E-state index contributed by atoms with van der Waals surface area (Å²) in [6.07, 6.45) is 2.36. The summed E-state index contributed by atoms with van der Waals surface area (Å²) in [5.74, 6) is 0.146. The molecule has 0 radical (unpaired) electrons. The molecule has 142 valence electrons. The molecular formula is C18H25N3O4S. The summed E-state index contributed by atoms with van der Waals surface area (Å²) < 4.78 is 5.95. The van der Waals surface area contributed by atoms with Gasteiger partial charge in [-0.2, -0.15) is 0 Å². The van der Waals surface area contributed by atoms with Crippen LogP contribution in [0.2, 0.25) is 0 Å². The van der Waals surface area contributed by atoms with Gasteiger partial charge in [0.05, 0.1) is 35.5 Å². The number of aromatic nitrogens is 1. The molecule has 7 nitrogen and oxygen atoms in total. The summed E-state index contributed by atoms with van der Waals surface area (Å²) in [7, 11) is 0. The number of carbonyl (C=O) groups is 2. The van der Waals surface area contributed by atoms with Crippen molar-refractivity contribution in [2.75, 3.05) is 26.2 Å². The summed E-state index contributed by atoms with van der Waals surface area (Å²) in [5, 5.41) is 12.4. The first kappa shape index (κ1) is 17.9. The molecule has 0 unspecified atom stereocenters. The first-order chi connectivity index (χ1) is 12.4.